The predicted octanol–water partition coefficient (Wildman–Crippen LogP) is 5.58. The monoisotopic (exact) mass is 430 g/mol. The van der Waals surface area contributed by atoms with E-state index in [1.165, 1.54) is 30.4 Å². The van der Waals surface area contributed by atoms with E-state index in [9.17, 15) is 5.11 Å². The van der Waals surface area contributed by atoms with E-state index in [4.69, 9.17) is 0 Å². The van der Waals surface area contributed by atoms with Crippen LogP contribution in [0.3, 0.4) is 0 Å². The van der Waals surface area contributed by atoms with Gasteiger partial charge in [-0.05, 0) is 46.8 Å². The number of phenols is 1. The molecular weight excluding hydrogens is 391 g/mol. The predicted molar refractivity (Wildman–Crippen MR) is 125 cm³/mol. The Morgan fingerprint density at radius 2 is 1.54 bits per heavy atom. The molecule has 1 aromatic rings. The molecule has 0 aromatic heterocycles. The van der Waals surface area contributed by atoms with Gasteiger partial charge in [-0.25, -0.2) is 0 Å². The first-order valence-corrected chi connectivity index (χ1v) is 10.4. The van der Waals surface area contributed by atoms with Crippen molar-refractivity contribution in [2.45, 2.75) is 77.7 Å². The Morgan fingerprint density at radius 3 is 1.96 bits per heavy atom. The molecule has 0 unspecified atom stereocenters. The van der Waals surface area contributed by atoms with E-state index in [2.05, 4.69) is 63.9 Å². The largest absolute Gasteiger partial charge is 0.507 e. The molecule has 1 aliphatic heterocycles. The minimum atomic E-state index is -0.0618. The average Bonchev–Trinajstić information content (AvgIpc) is 2.50. The lowest BCUT2D eigenvalue weighted by Gasteiger charge is -2.44. The van der Waals surface area contributed by atoms with Crippen LogP contribution in [0.25, 0.3) is 0 Å². The number of nitrogens with one attached hydrogen (secondary N) is 1. The molecule has 5 heteroatoms. The number of hydrogen-bond acceptors (Lipinski definition) is 3. The van der Waals surface area contributed by atoms with Crippen LogP contribution in [-0.4, -0.2) is 36.2 Å². The molecule has 0 bridgehead atoms. The van der Waals surface area contributed by atoms with E-state index in [1.54, 1.807) is 0 Å². The fraction of sp³-hybridized carbons (Fsp3) is 0.739. The Bertz CT molecular complexity index is 639. The highest BCUT2D eigenvalue weighted by Crippen LogP contribution is 2.47. The van der Waals surface area contributed by atoms with Gasteiger partial charge in [0.1, 0.15) is 5.75 Å². The van der Waals surface area contributed by atoms with Gasteiger partial charge in [-0.2, -0.15) is 0 Å². The Balaban J connectivity index is 0.00000196. The zero-order chi connectivity index (χ0) is 19.1. The van der Waals surface area contributed by atoms with Crippen molar-refractivity contribution in [3.63, 3.8) is 0 Å². The maximum Gasteiger partial charge on any atom is 0.124 e. The fourth-order valence-corrected chi connectivity index (χ4v) is 4.35. The molecule has 0 spiro atoms. The summed E-state index contributed by atoms with van der Waals surface area (Å²) in [7, 11) is 0. The van der Waals surface area contributed by atoms with Crippen molar-refractivity contribution in [1.29, 1.82) is 0 Å². The number of hydrogen-bond donors (Lipinski definition) is 2. The Labute approximate surface area is 184 Å². The number of phenolic OH excluding ortho intramolecular Hbond substituents is 1. The van der Waals surface area contributed by atoms with Crippen LogP contribution >= 0.6 is 24.8 Å². The number of nitrogens with zero attached hydrogens (tertiary/aromatic N) is 1. The van der Waals surface area contributed by atoms with E-state index in [-0.39, 0.29) is 35.6 Å². The van der Waals surface area contributed by atoms with Gasteiger partial charge in [0, 0.05) is 37.8 Å². The summed E-state index contributed by atoms with van der Waals surface area (Å²) < 4.78 is 0. The zero-order valence-electron chi connectivity index (χ0n) is 18.5. The molecule has 2 aliphatic rings. The van der Waals surface area contributed by atoms with E-state index in [0.717, 1.165) is 31.7 Å². The summed E-state index contributed by atoms with van der Waals surface area (Å²) in [5.41, 5.74) is 3.63. The van der Waals surface area contributed by atoms with Crippen LogP contribution in [0.2, 0.25) is 0 Å². The molecule has 2 fully saturated rings. The first-order valence-electron chi connectivity index (χ1n) is 10.4. The van der Waals surface area contributed by atoms with Gasteiger partial charge in [0.25, 0.3) is 0 Å². The van der Waals surface area contributed by atoms with Crippen LogP contribution < -0.4 is 5.32 Å². The number of aromatic hydroxyl groups is 1. The second kappa shape index (κ2) is 9.55. The molecule has 1 atom stereocenters. The second-order valence-corrected chi connectivity index (χ2v) is 10.4. The quantitative estimate of drug-likeness (QED) is 0.656. The lowest BCUT2D eigenvalue weighted by atomic mass is 9.72. The van der Waals surface area contributed by atoms with Crippen LogP contribution in [0.1, 0.15) is 83.5 Å². The summed E-state index contributed by atoms with van der Waals surface area (Å²) >= 11 is 0. The van der Waals surface area contributed by atoms with Crippen molar-refractivity contribution < 1.29 is 5.11 Å². The van der Waals surface area contributed by atoms with Crippen molar-refractivity contribution in [3.05, 3.63) is 28.8 Å². The molecule has 1 aromatic carbocycles. The average molecular weight is 431 g/mol. The minimum absolute atomic E-state index is 0. The summed E-state index contributed by atoms with van der Waals surface area (Å²) in [6, 6.07) is 4.92. The van der Waals surface area contributed by atoms with Crippen molar-refractivity contribution in [2.75, 3.05) is 26.2 Å². The highest BCUT2D eigenvalue weighted by atomic mass is 35.5. The van der Waals surface area contributed by atoms with Crippen molar-refractivity contribution in [1.82, 2.24) is 10.2 Å². The molecule has 162 valence electrons. The molecular formula is C23H40Cl2N2O. The van der Waals surface area contributed by atoms with E-state index < -0.39 is 0 Å². The molecule has 1 saturated carbocycles. The third-order valence-corrected chi connectivity index (χ3v) is 6.27. The highest BCUT2D eigenvalue weighted by molar-refractivity contribution is 5.85. The zero-order valence-corrected chi connectivity index (χ0v) is 20.1. The first-order chi connectivity index (χ1) is 12.1. The number of halogens is 2. The van der Waals surface area contributed by atoms with Gasteiger partial charge in [0.2, 0.25) is 0 Å². The fourth-order valence-electron chi connectivity index (χ4n) is 4.35. The molecule has 28 heavy (non-hydrogen) atoms. The maximum absolute atomic E-state index is 11.3. The number of piperazine rings is 1. The molecule has 1 saturated heterocycles. The Kier molecular flexibility index (Phi) is 8.72. The topological polar surface area (TPSA) is 35.5 Å². The van der Waals surface area contributed by atoms with Crippen LogP contribution in [0.4, 0.5) is 0 Å². The highest BCUT2D eigenvalue weighted by Gasteiger charge is 2.37. The minimum Gasteiger partial charge on any atom is -0.507 e. The molecule has 1 aliphatic carbocycles. The van der Waals surface area contributed by atoms with Gasteiger partial charge < -0.3 is 10.4 Å². The van der Waals surface area contributed by atoms with Gasteiger partial charge in [-0.1, -0.05) is 54.0 Å². The molecule has 0 radical (unpaired) electrons. The SMILES string of the molecule is CC(C)(C)c1cc([C@@H](C2CCC2)N2CCNCC2)c(O)c(C(C)(C)C)c1.Cl.Cl. The molecule has 3 nitrogen and oxygen atoms in total. The van der Waals surface area contributed by atoms with E-state index in [0.29, 0.717) is 17.7 Å². The summed E-state index contributed by atoms with van der Waals surface area (Å²) in [4.78, 5) is 2.62. The van der Waals surface area contributed by atoms with E-state index in [1.807, 2.05) is 0 Å². The summed E-state index contributed by atoms with van der Waals surface area (Å²) in [6.45, 7) is 17.7. The number of benzene rings is 1. The van der Waals surface area contributed by atoms with Crippen LogP contribution in [0, 0.1) is 5.92 Å². The second-order valence-electron chi connectivity index (χ2n) is 10.4. The van der Waals surface area contributed by atoms with Gasteiger partial charge in [0.05, 0.1) is 0 Å². The summed E-state index contributed by atoms with van der Waals surface area (Å²) in [6.07, 6.45) is 3.91. The van der Waals surface area contributed by atoms with Crippen molar-refractivity contribution in [3.8, 4) is 5.75 Å². The van der Waals surface area contributed by atoms with Crippen molar-refractivity contribution in [2.24, 2.45) is 5.92 Å². The molecule has 3 rings (SSSR count). The third-order valence-electron chi connectivity index (χ3n) is 6.27. The first kappa shape index (κ1) is 25.6. The third kappa shape index (κ3) is 5.36. The lowest BCUT2D eigenvalue weighted by Crippen LogP contribution is -2.48. The molecule has 0 amide bonds. The van der Waals surface area contributed by atoms with Crippen LogP contribution in [-0.2, 0) is 10.8 Å². The van der Waals surface area contributed by atoms with Crippen LogP contribution in [0.5, 0.6) is 5.75 Å². The Morgan fingerprint density at radius 1 is 0.964 bits per heavy atom. The van der Waals surface area contributed by atoms with Gasteiger partial charge in [-0.15, -0.1) is 24.8 Å². The Hall–Kier alpha value is -0.480. The van der Waals surface area contributed by atoms with Gasteiger partial charge in [0.15, 0.2) is 0 Å². The van der Waals surface area contributed by atoms with Crippen molar-refractivity contribution >= 4 is 24.8 Å². The number of rotatable bonds is 3. The molecule has 2 N–H and O–H groups in total. The maximum atomic E-state index is 11.3. The standard InChI is InChI=1S/C23H38N2O.2ClH/c1-22(2,3)17-14-18(21(26)19(15-17)23(4,5)6)20(16-8-7-9-16)25-12-10-24-11-13-25;;/h14-16,20,24,26H,7-13H2,1-6H3;2*1H/t20-;;/m1../s1. The summed E-state index contributed by atoms with van der Waals surface area (Å²) in [5, 5.41) is 14.8. The molecule has 1 heterocycles. The summed E-state index contributed by atoms with van der Waals surface area (Å²) in [5.74, 6) is 1.22. The van der Waals surface area contributed by atoms with Crippen LogP contribution in [0.15, 0.2) is 12.1 Å². The smallest absolute Gasteiger partial charge is 0.124 e. The van der Waals surface area contributed by atoms with E-state index >= 15 is 0 Å². The lowest BCUT2D eigenvalue weighted by molar-refractivity contribution is 0.0816. The van der Waals surface area contributed by atoms with Gasteiger partial charge >= 0.3 is 0 Å². The van der Waals surface area contributed by atoms with Gasteiger partial charge in [-0.3, -0.25) is 4.90 Å². The normalized spacial score (nSPS) is 19.9.